The molecule has 74 valence electrons. The van der Waals surface area contributed by atoms with Crippen molar-refractivity contribution in [2.24, 2.45) is 0 Å². The van der Waals surface area contributed by atoms with E-state index in [2.05, 4.69) is 15.2 Å². The van der Waals surface area contributed by atoms with Gasteiger partial charge in [0.15, 0.2) is 5.82 Å². The average Bonchev–Trinajstić information content (AvgIpc) is 2.83. The minimum absolute atomic E-state index is 0.597. The summed E-state index contributed by atoms with van der Waals surface area (Å²) in [6, 6.07) is 5.64. The molecule has 3 aromatic heterocycles. The fraction of sp³-hybridized carbons (Fsp3) is 0. The first kappa shape index (κ1) is 8.37. The van der Waals surface area contributed by atoms with Crippen LogP contribution >= 0.6 is 11.3 Å². The molecule has 0 spiro atoms. The van der Waals surface area contributed by atoms with Crippen molar-refractivity contribution in [1.82, 2.24) is 19.6 Å². The molecule has 0 saturated carbocycles. The third kappa shape index (κ3) is 1.26. The lowest BCUT2D eigenvalue weighted by Gasteiger charge is -1.93. The van der Waals surface area contributed by atoms with E-state index in [0.29, 0.717) is 5.78 Å². The summed E-state index contributed by atoms with van der Waals surface area (Å²) in [7, 11) is 0. The quantitative estimate of drug-likeness (QED) is 0.669. The van der Waals surface area contributed by atoms with Crippen LogP contribution in [0, 0.1) is 0 Å². The molecule has 15 heavy (non-hydrogen) atoms. The average molecular weight is 217 g/mol. The molecular weight excluding hydrogens is 210 g/mol. The predicted octanol–water partition coefficient (Wildman–Crippen LogP) is 1.43. The number of thiophene rings is 1. The Bertz CT molecular complexity index is 612. The van der Waals surface area contributed by atoms with Crippen LogP contribution in [0.5, 0.6) is 0 Å². The van der Waals surface area contributed by atoms with E-state index in [1.807, 2.05) is 28.8 Å². The summed E-state index contributed by atoms with van der Waals surface area (Å²) < 4.78 is 1.84. The standard InChI is InChI=1S/C9H7N5S/c10-7-3-2-6(15-7)8-12-13-9-11-4-1-5-14(8)9/h1-5H,10H2. The number of nitrogens with two attached hydrogens (primary N) is 1. The first-order chi connectivity index (χ1) is 7.34. The molecular formula is C9H7N5S. The van der Waals surface area contributed by atoms with Gasteiger partial charge >= 0.3 is 0 Å². The van der Waals surface area contributed by atoms with Gasteiger partial charge in [0.1, 0.15) is 0 Å². The van der Waals surface area contributed by atoms with E-state index in [0.717, 1.165) is 15.7 Å². The predicted molar refractivity (Wildman–Crippen MR) is 58.5 cm³/mol. The number of hydrogen-bond donors (Lipinski definition) is 1. The number of nitrogens with zero attached hydrogens (tertiary/aromatic N) is 4. The van der Waals surface area contributed by atoms with Crippen molar-refractivity contribution in [3.63, 3.8) is 0 Å². The van der Waals surface area contributed by atoms with Crippen LogP contribution in [0.15, 0.2) is 30.6 Å². The van der Waals surface area contributed by atoms with Crippen molar-refractivity contribution in [2.75, 3.05) is 5.73 Å². The highest BCUT2D eigenvalue weighted by Gasteiger charge is 2.09. The molecule has 6 heteroatoms. The smallest absolute Gasteiger partial charge is 0.255 e. The van der Waals surface area contributed by atoms with Crippen LogP contribution in [0.3, 0.4) is 0 Å². The molecule has 0 atom stereocenters. The fourth-order valence-corrected chi connectivity index (χ4v) is 2.14. The van der Waals surface area contributed by atoms with Gasteiger partial charge in [0.25, 0.3) is 5.78 Å². The molecule has 3 rings (SSSR count). The molecule has 3 aromatic rings. The molecule has 0 amide bonds. The normalized spacial score (nSPS) is 10.9. The van der Waals surface area contributed by atoms with Gasteiger partial charge in [-0.3, -0.25) is 4.40 Å². The lowest BCUT2D eigenvalue weighted by Crippen LogP contribution is -1.88. The van der Waals surface area contributed by atoms with Crippen LogP contribution in [0.2, 0.25) is 0 Å². The number of rotatable bonds is 1. The van der Waals surface area contributed by atoms with Crippen LogP contribution in [0.25, 0.3) is 16.5 Å². The van der Waals surface area contributed by atoms with Crippen molar-refractivity contribution in [3.8, 4) is 10.7 Å². The summed E-state index contributed by atoms with van der Waals surface area (Å²) in [4.78, 5) is 5.09. The van der Waals surface area contributed by atoms with E-state index in [9.17, 15) is 0 Å². The summed E-state index contributed by atoms with van der Waals surface area (Å²) in [6.45, 7) is 0. The highest BCUT2D eigenvalue weighted by Crippen LogP contribution is 2.27. The Hall–Kier alpha value is -1.95. The molecule has 0 unspecified atom stereocenters. The largest absolute Gasteiger partial charge is 0.391 e. The summed E-state index contributed by atoms with van der Waals surface area (Å²) >= 11 is 1.49. The maximum Gasteiger partial charge on any atom is 0.255 e. The fourth-order valence-electron chi connectivity index (χ4n) is 1.38. The van der Waals surface area contributed by atoms with Crippen LogP contribution < -0.4 is 5.73 Å². The maximum atomic E-state index is 5.67. The number of aromatic nitrogens is 4. The third-order valence-corrected chi connectivity index (χ3v) is 2.95. The Labute approximate surface area is 89.2 Å². The molecule has 0 aliphatic heterocycles. The summed E-state index contributed by atoms with van der Waals surface area (Å²) in [5.41, 5.74) is 5.67. The van der Waals surface area contributed by atoms with Gasteiger partial charge in [0, 0.05) is 12.4 Å². The van der Waals surface area contributed by atoms with Gasteiger partial charge in [-0.15, -0.1) is 21.5 Å². The van der Waals surface area contributed by atoms with E-state index in [-0.39, 0.29) is 0 Å². The van der Waals surface area contributed by atoms with Gasteiger partial charge in [-0.2, -0.15) is 0 Å². The van der Waals surface area contributed by atoms with Gasteiger partial charge in [0.05, 0.1) is 9.88 Å². The van der Waals surface area contributed by atoms with Crippen LogP contribution in [-0.2, 0) is 0 Å². The van der Waals surface area contributed by atoms with E-state index < -0.39 is 0 Å². The van der Waals surface area contributed by atoms with Gasteiger partial charge in [-0.1, -0.05) is 0 Å². The van der Waals surface area contributed by atoms with Crippen molar-refractivity contribution in [3.05, 3.63) is 30.6 Å². The highest BCUT2D eigenvalue weighted by molar-refractivity contribution is 7.19. The Morgan fingerprint density at radius 3 is 3.00 bits per heavy atom. The number of hydrogen-bond acceptors (Lipinski definition) is 5. The maximum absolute atomic E-state index is 5.67. The molecule has 0 radical (unpaired) electrons. The molecule has 0 aromatic carbocycles. The minimum Gasteiger partial charge on any atom is -0.391 e. The molecule has 0 aliphatic carbocycles. The van der Waals surface area contributed by atoms with Crippen LogP contribution in [0.4, 0.5) is 5.00 Å². The number of fused-ring (bicyclic) bond motifs is 1. The second-order valence-corrected chi connectivity index (χ2v) is 4.13. The highest BCUT2D eigenvalue weighted by atomic mass is 32.1. The van der Waals surface area contributed by atoms with Crippen LogP contribution in [0.1, 0.15) is 0 Å². The van der Waals surface area contributed by atoms with Gasteiger partial charge in [-0.05, 0) is 18.2 Å². The zero-order chi connectivity index (χ0) is 10.3. The number of nitrogen functional groups attached to an aromatic ring is 1. The van der Waals surface area contributed by atoms with Crippen molar-refractivity contribution < 1.29 is 0 Å². The minimum atomic E-state index is 0.597. The van der Waals surface area contributed by atoms with Crippen molar-refractivity contribution >= 4 is 22.1 Å². The summed E-state index contributed by atoms with van der Waals surface area (Å²) in [5.74, 6) is 1.37. The zero-order valence-corrected chi connectivity index (χ0v) is 8.48. The molecule has 0 fully saturated rings. The van der Waals surface area contributed by atoms with Gasteiger partial charge in [-0.25, -0.2) is 4.98 Å². The third-order valence-electron chi connectivity index (χ3n) is 2.04. The van der Waals surface area contributed by atoms with E-state index in [1.165, 1.54) is 11.3 Å². The van der Waals surface area contributed by atoms with E-state index >= 15 is 0 Å². The molecule has 0 aliphatic rings. The van der Waals surface area contributed by atoms with E-state index in [1.54, 1.807) is 6.20 Å². The van der Waals surface area contributed by atoms with Gasteiger partial charge < -0.3 is 5.73 Å². The van der Waals surface area contributed by atoms with Gasteiger partial charge in [0.2, 0.25) is 0 Å². The van der Waals surface area contributed by atoms with Crippen LogP contribution in [-0.4, -0.2) is 19.6 Å². The molecule has 3 heterocycles. The monoisotopic (exact) mass is 217 g/mol. The Kier molecular flexibility index (Phi) is 1.69. The van der Waals surface area contributed by atoms with Crippen molar-refractivity contribution in [2.45, 2.75) is 0 Å². The Morgan fingerprint density at radius 2 is 2.20 bits per heavy atom. The molecule has 5 nitrogen and oxygen atoms in total. The SMILES string of the molecule is Nc1ccc(-c2nnc3ncccn23)s1. The van der Waals surface area contributed by atoms with E-state index in [4.69, 9.17) is 5.73 Å². The second kappa shape index (κ2) is 3.03. The lowest BCUT2D eigenvalue weighted by atomic mass is 10.4. The molecule has 0 bridgehead atoms. The number of anilines is 1. The Balaban J connectivity index is 2.27. The second-order valence-electron chi connectivity index (χ2n) is 3.02. The topological polar surface area (TPSA) is 69.1 Å². The van der Waals surface area contributed by atoms with Crippen molar-refractivity contribution in [1.29, 1.82) is 0 Å². The Morgan fingerprint density at radius 1 is 1.27 bits per heavy atom. The molecule has 2 N–H and O–H groups in total. The zero-order valence-electron chi connectivity index (χ0n) is 7.66. The first-order valence-corrected chi connectivity index (χ1v) is 5.18. The molecule has 0 saturated heterocycles. The lowest BCUT2D eigenvalue weighted by molar-refractivity contribution is 1.10. The summed E-state index contributed by atoms with van der Waals surface area (Å²) in [5, 5.41) is 8.83. The summed E-state index contributed by atoms with van der Waals surface area (Å²) in [6.07, 6.45) is 3.57. The first-order valence-electron chi connectivity index (χ1n) is 4.36.